The molecule has 0 fully saturated rings. The van der Waals surface area contributed by atoms with Crippen LogP contribution in [0.3, 0.4) is 0 Å². The lowest BCUT2D eigenvalue weighted by atomic mass is 10.2. The zero-order valence-electron chi connectivity index (χ0n) is 10.3. The number of benzene rings is 1. The molecular weight excluding hydrogens is 293 g/mol. The van der Waals surface area contributed by atoms with Gasteiger partial charge in [-0.05, 0) is 0 Å². The van der Waals surface area contributed by atoms with Crippen LogP contribution in [0.4, 0.5) is 5.82 Å². The van der Waals surface area contributed by atoms with Gasteiger partial charge in [-0.25, -0.2) is 15.4 Å². The van der Waals surface area contributed by atoms with Gasteiger partial charge in [-0.15, -0.1) is 12.4 Å². The van der Waals surface area contributed by atoms with Gasteiger partial charge < -0.3 is 9.47 Å². The summed E-state index contributed by atoms with van der Waals surface area (Å²) in [7, 11) is 3.14. The number of halogens is 2. The van der Waals surface area contributed by atoms with Crippen LogP contribution in [0.25, 0.3) is 10.9 Å². The summed E-state index contributed by atoms with van der Waals surface area (Å²) in [6, 6.07) is 3.53. The molecule has 1 aromatic heterocycles. The topological polar surface area (TPSA) is 65.5 Å². The third kappa shape index (κ3) is 3.28. The highest BCUT2D eigenvalue weighted by Crippen LogP contribution is 2.33. The molecule has 2 rings (SSSR count). The molecule has 8 heteroatoms. The first-order valence-electron chi connectivity index (χ1n) is 5.10. The van der Waals surface area contributed by atoms with Crippen LogP contribution in [0, 0.1) is 0 Å². The fourth-order valence-electron chi connectivity index (χ4n) is 1.58. The van der Waals surface area contributed by atoms with E-state index in [2.05, 4.69) is 15.4 Å². The Balaban J connectivity index is 0.00000180. The molecule has 0 saturated heterocycles. The monoisotopic (exact) mass is 305 g/mol. The van der Waals surface area contributed by atoms with Crippen molar-refractivity contribution in [2.75, 3.05) is 25.8 Å². The van der Waals surface area contributed by atoms with Gasteiger partial charge in [0.15, 0.2) is 5.82 Å². The Bertz CT molecular complexity index is 554. The largest absolute Gasteiger partial charge is 0.497 e. The molecule has 1 aromatic carbocycles. The van der Waals surface area contributed by atoms with Gasteiger partial charge in [-0.3, -0.25) is 4.84 Å². The average Bonchev–Trinajstić information content (AvgIpc) is 2.43. The van der Waals surface area contributed by atoms with Crippen molar-refractivity contribution in [2.24, 2.45) is 0 Å². The Kier molecular flexibility index (Phi) is 5.88. The molecular formula is C11H13Cl2N3O3. The summed E-state index contributed by atoms with van der Waals surface area (Å²) in [5, 5.41) is 0.700. The van der Waals surface area contributed by atoms with Gasteiger partial charge in [-0.2, -0.15) is 0 Å². The Hall–Kier alpha value is -1.50. The number of aromatic nitrogens is 2. The maximum Gasteiger partial charge on any atom is 0.164 e. The highest BCUT2D eigenvalue weighted by atomic mass is 35.5. The molecule has 0 radical (unpaired) electrons. The fraction of sp³-hybridized carbons (Fsp3) is 0.273. The Morgan fingerprint density at radius 3 is 2.63 bits per heavy atom. The molecule has 2 aromatic rings. The number of nitrogens with one attached hydrogen (secondary N) is 1. The average molecular weight is 306 g/mol. The molecule has 0 unspecified atom stereocenters. The molecule has 0 spiro atoms. The molecule has 19 heavy (non-hydrogen) atoms. The Morgan fingerprint density at radius 1 is 1.21 bits per heavy atom. The minimum atomic E-state index is 0. The first kappa shape index (κ1) is 15.6. The van der Waals surface area contributed by atoms with Crippen LogP contribution in [0.1, 0.15) is 0 Å². The summed E-state index contributed by atoms with van der Waals surface area (Å²) in [6.45, 7) is 0. The van der Waals surface area contributed by atoms with E-state index in [1.165, 1.54) is 6.33 Å². The van der Waals surface area contributed by atoms with Crippen LogP contribution in [0.2, 0.25) is 0 Å². The van der Waals surface area contributed by atoms with Crippen molar-refractivity contribution < 1.29 is 14.3 Å². The molecule has 1 heterocycles. The molecule has 6 nitrogen and oxygen atoms in total. The van der Waals surface area contributed by atoms with Gasteiger partial charge in [0.25, 0.3) is 0 Å². The molecule has 1 N–H and O–H groups in total. The van der Waals surface area contributed by atoms with Crippen LogP contribution in [0.15, 0.2) is 18.5 Å². The van der Waals surface area contributed by atoms with E-state index >= 15 is 0 Å². The number of nitrogens with zero attached hydrogens (tertiary/aromatic N) is 2. The second-order valence-electron chi connectivity index (χ2n) is 3.30. The molecule has 0 saturated carbocycles. The van der Waals surface area contributed by atoms with Crippen molar-refractivity contribution in [1.82, 2.24) is 9.97 Å². The maximum absolute atomic E-state index is 5.44. The standard InChI is InChI=1S/C11H12ClN3O3.ClH/c1-16-7-3-8-10(9(4-7)17-2)11(14-6-13-8)15-18-5-12;/h3-4,6H,5H2,1-2H3,(H,13,14,15);1H. The van der Waals surface area contributed by atoms with Gasteiger partial charge in [0.2, 0.25) is 0 Å². The summed E-state index contributed by atoms with van der Waals surface area (Å²) in [5.41, 5.74) is 3.33. The van der Waals surface area contributed by atoms with Gasteiger partial charge in [0, 0.05) is 12.1 Å². The number of ether oxygens (including phenoxy) is 2. The molecule has 104 valence electrons. The van der Waals surface area contributed by atoms with Crippen molar-refractivity contribution in [3.8, 4) is 11.5 Å². The van der Waals surface area contributed by atoms with Crippen molar-refractivity contribution in [3.63, 3.8) is 0 Å². The first-order chi connectivity index (χ1) is 8.80. The lowest BCUT2D eigenvalue weighted by molar-refractivity contribution is 0.247. The van der Waals surface area contributed by atoms with E-state index in [1.54, 1.807) is 26.4 Å². The lowest BCUT2D eigenvalue weighted by Gasteiger charge is -2.11. The Labute approximate surface area is 121 Å². The fourth-order valence-corrected chi connectivity index (χ4v) is 1.64. The predicted octanol–water partition coefficient (Wildman–Crippen LogP) is 2.61. The smallest absolute Gasteiger partial charge is 0.164 e. The highest BCUT2D eigenvalue weighted by Gasteiger charge is 2.12. The van der Waals surface area contributed by atoms with Gasteiger partial charge in [-0.1, -0.05) is 11.6 Å². The van der Waals surface area contributed by atoms with Gasteiger partial charge in [0.1, 0.15) is 23.9 Å². The van der Waals surface area contributed by atoms with Crippen molar-refractivity contribution in [1.29, 1.82) is 0 Å². The van der Waals surface area contributed by atoms with E-state index in [-0.39, 0.29) is 18.5 Å². The number of alkyl halides is 1. The van der Waals surface area contributed by atoms with Crippen molar-refractivity contribution in [2.45, 2.75) is 0 Å². The van der Waals surface area contributed by atoms with E-state index in [0.29, 0.717) is 28.2 Å². The molecule has 0 amide bonds. The molecule has 0 aliphatic carbocycles. The third-order valence-electron chi connectivity index (χ3n) is 2.35. The normalized spacial score (nSPS) is 9.84. The van der Waals surface area contributed by atoms with E-state index in [1.807, 2.05) is 0 Å². The summed E-state index contributed by atoms with van der Waals surface area (Å²) in [4.78, 5) is 13.2. The summed E-state index contributed by atoms with van der Waals surface area (Å²) >= 11 is 5.44. The quantitative estimate of drug-likeness (QED) is 0.676. The van der Waals surface area contributed by atoms with Gasteiger partial charge in [0.05, 0.1) is 25.1 Å². The first-order valence-corrected chi connectivity index (χ1v) is 5.64. The summed E-state index contributed by atoms with van der Waals surface area (Å²) in [6.07, 6.45) is 1.42. The predicted molar refractivity (Wildman–Crippen MR) is 75.3 cm³/mol. The van der Waals surface area contributed by atoms with Crippen LogP contribution >= 0.6 is 24.0 Å². The number of hydrogen-bond donors (Lipinski definition) is 1. The van der Waals surface area contributed by atoms with Crippen molar-refractivity contribution >= 4 is 40.7 Å². The molecule has 0 atom stereocenters. The lowest BCUT2D eigenvalue weighted by Crippen LogP contribution is -2.03. The van der Waals surface area contributed by atoms with E-state index in [0.717, 1.165) is 0 Å². The SMILES string of the molecule is COc1cc(OC)c2c(NOCCl)ncnc2c1.Cl. The number of rotatable bonds is 5. The van der Waals surface area contributed by atoms with Crippen LogP contribution in [-0.4, -0.2) is 30.3 Å². The number of fused-ring (bicyclic) bond motifs is 1. The van der Waals surface area contributed by atoms with Crippen LogP contribution < -0.4 is 15.0 Å². The number of hydrogen-bond acceptors (Lipinski definition) is 6. The third-order valence-corrected chi connectivity index (χ3v) is 2.46. The molecule has 0 aliphatic rings. The van der Waals surface area contributed by atoms with Crippen LogP contribution in [0.5, 0.6) is 11.5 Å². The zero-order chi connectivity index (χ0) is 13.0. The van der Waals surface area contributed by atoms with E-state index in [4.69, 9.17) is 25.9 Å². The molecule has 0 aliphatic heterocycles. The van der Waals surface area contributed by atoms with E-state index < -0.39 is 0 Å². The summed E-state index contributed by atoms with van der Waals surface area (Å²) < 4.78 is 10.5. The van der Waals surface area contributed by atoms with Gasteiger partial charge >= 0.3 is 0 Å². The second kappa shape index (κ2) is 7.18. The number of methoxy groups -OCH3 is 2. The Morgan fingerprint density at radius 2 is 2.00 bits per heavy atom. The highest BCUT2D eigenvalue weighted by molar-refractivity contribution is 6.17. The van der Waals surface area contributed by atoms with Crippen LogP contribution in [-0.2, 0) is 4.84 Å². The second-order valence-corrected chi connectivity index (χ2v) is 3.52. The summed E-state index contributed by atoms with van der Waals surface area (Å²) in [5.74, 6) is 1.73. The minimum Gasteiger partial charge on any atom is -0.497 e. The zero-order valence-corrected chi connectivity index (χ0v) is 11.9. The minimum absolute atomic E-state index is 0. The maximum atomic E-state index is 5.44. The van der Waals surface area contributed by atoms with E-state index in [9.17, 15) is 0 Å². The molecule has 0 bridgehead atoms. The van der Waals surface area contributed by atoms with Crippen molar-refractivity contribution in [3.05, 3.63) is 18.5 Å². The number of anilines is 1.